The summed E-state index contributed by atoms with van der Waals surface area (Å²) in [5.41, 5.74) is 8.78. The van der Waals surface area contributed by atoms with Crippen LogP contribution in [0.4, 0.5) is 34.1 Å². The molecule has 0 atom stereocenters. The fraction of sp³-hybridized carbons (Fsp3) is 0.0513. The lowest BCUT2D eigenvalue weighted by molar-refractivity contribution is 1.02. The fourth-order valence-electron chi connectivity index (χ4n) is 5.14. The first-order valence-electron chi connectivity index (χ1n) is 14.3. The van der Waals surface area contributed by atoms with Gasteiger partial charge in [0.05, 0.1) is 0 Å². The van der Waals surface area contributed by atoms with E-state index in [1.54, 1.807) is 0 Å². The van der Waals surface area contributed by atoms with Crippen LogP contribution in [0.1, 0.15) is 11.1 Å². The molecule has 0 aliphatic heterocycles. The van der Waals surface area contributed by atoms with Crippen LogP contribution in [-0.4, -0.2) is 5.96 Å². The summed E-state index contributed by atoms with van der Waals surface area (Å²) >= 11 is 0. The molecule has 0 heterocycles. The number of guanidine groups is 1. The second-order valence-corrected chi connectivity index (χ2v) is 10.3. The van der Waals surface area contributed by atoms with Gasteiger partial charge in [0.15, 0.2) is 0 Å². The van der Waals surface area contributed by atoms with Crippen molar-refractivity contribution in [3.63, 3.8) is 0 Å². The highest BCUT2D eigenvalue weighted by Crippen LogP contribution is 2.35. The molecule has 0 N–H and O–H groups in total. The minimum absolute atomic E-state index is 0.956. The van der Waals surface area contributed by atoms with Gasteiger partial charge in [0.25, 0.3) is 0 Å². The van der Waals surface area contributed by atoms with Crippen LogP contribution in [0.5, 0.6) is 0 Å². The highest BCUT2D eigenvalue weighted by atomic mass is 15.4. The molecule has 6 aromatic rings. The number of anilines is 4. The molecular weight excluding hydrogens is 510 g/mol. The van der Waals surface area contributed by atoms with Crippen LogP contribution in [-0.2, 0) is 0 Å². The Balaban J connectivity index is 1.80. The van der Waals surface area contributed by atoms with Crippen LogP contribution in [0.2, 0.25) is 0 Å². The van der Waals surface area contributed by atoms with Crippen molar-refractivity contribution in [2.45, 2.75) is 13.8 Å². The number of hydrogen-bond acceptors (Lipinski definition) is 0. The Morgan fingerprint density at radius 2 is 0.619 bits per heavy atom. The third kappa shape index (κ3) is 5.72. The van der Waals surface area contributed by atoms with Crippen LogP contribution in [0, 0.1) is 13.8 Å². The van der Waals surface area contributed by atoms with Gasteiger partial charge >= 0.3 is 5.96 Å². The van der Waals surface area contributed by atoms with E-state index in [4.69, 9.17) is 0 Å². The Morgan fingerprint density at radius 3 is 0.881 bits per heavy atom. The van der Waals surface area contributed by atoms with Crippen LogP contribution >= 0.6 is 0 Å². The number of hydrogen-bond donors (Lipinski definition) is 0. The second-order valence-electron chi connectivity index (χ2n) is 10.3. The predicted molar refractivity (Wildman–Crippen MR) is 179 cm³/mol. The third-order valence-corrected chi connectivity index (χ3v) is 7.24. The van der Waals surface area contributed by atoms with E-state index in [1.165, 1.54) is 11.1 Å². The maximum atomic E-state index is 2.36. The van der Waals surface area contributed by atoms with Gasteiger partial charge in [-0.25, -0.2) is 0 Å². The molecule has 0 amide bonds. The molecule has 0 aliphatic rings. The van der Waals surface area contributed by atoms with Crippen LogP contribution < -0.4 is 14.4 Å². The first kappa shape index (κ1) is 26.8. The number of nitrogens with zero attached hydrogens (tertiary/aromatic N) is 3. The summed E-state index contributed by atoms with van der Waals surface area (Å²) in [7, 11) is 0. The number of aryl methyl sites for hydroxylation is 2. The predicted octanol–water partition coefficient (Wildman–Crippen LogP) is 10.2. The van der Waals surface area contributed by atoms with E-state index in [0.717, 1.165) is 40.1 Å². The molecular formula is C39H34N3+. The molecule has 0 aliphatic carbocycles. The van der Waals surface area contributed by atoms with Gasteiger partial charge in [-0.1, -0.05) is 108 Å². The lowest BCUT2D eigenvalue weighted by Gasteiger charge is -2.30. The summed E-state index contributed by atoms with van der Waals surface area (Å²) in [5, 5.41) is 0. The Bertz CT molecular complexity index is 1530. The zero-order valence-corrected chi connectivity index (χ0v) is 24.0. The van der Waals surface area contributed by atoms with E-state index < -0.39 is 0 Å². The third-order valence-electron chi connectivity index (χ3n) is 7.24. The largest absolute Gasteiger partial charge is 0.380 e. The van der Waals surface area contributed by atoms with E-state index in [9.17, 15) is 0 Å². The van der Waals surface area contributed by atoms with Crippen molar-refractivity contribution in [2.24, 2.45) is 0 Å². The first-order valence-corrected chi connectivity index (χ1v) is 14.3. The minimum Gasteiger partial charge on any atom is -0.197 e. The standard InChI is InChI=1S/C39H34N3/c1-31-23-27-37(28-24-31)42(38-29-25-32(2)26-30-38)39(40(33-15-7-3-8-16-33)34-17-9-4-10-18-34)41(35-19-11-5-12-20-35)36-21-13-6-14-22-36/h3-30H,1-2H3/q+1. The summed E-state index contributed by atoms with van der Waals surface area (Å²) in [6.07, 6.45) is 0. The van der Waals surface area contributed by atoms with Crippen molar-refractivity contribution in [3.8, 4) is 0 Å². The Hall–Kier alpha value is -5.41. The topological polar surface area (TPSA) is 9.49 Å². The Kier molecular flexibility index (Phi) is 7.91. The molecule has 0 saturated carbocycles. The minimum atomic E-state index is 0.956. The normalized spacial score (nSPS) is 10.6. The molecule has 3 heteroatoms. The van der Waals surface area contributed by atoms with Crippen molar-refractivity contribution < 1.29 is 0 Å². The molecule has 0 saturated heterocycles. The lowest BCUT2D eigenvalue weighted by Crippen LogP contribution is -2.45. The van der Waals surface area contributed by atoms with Crippen molar-refractivity contribution >= 4 is 40.1 Å². The quantitative estimate of drug-likeness (QED) is 0.117. The number of rotatable bonds is 6. The Labute approximate surface area is 248 Å². The average Bonchev–Trinajstić information content (AvgIpc) is 3.05. The molecule has 6 aromatic carbocycles. The number of para-hydroxylation sites is 4. The SMILES string of the molecule is Cc1ccc([N+](=C(N(c2ccccc2)c2ccccc2)N(c2ccccc2)c2ccccc2)c2ccc(C)cc2)cc1. The van der Waals surface area contributed by atoms with Gasteiger partial charge in [-0.05, 0) is 86.6 Å². The van der Waals surface area contributed by atoms with Crippen molar-refractivity contribution in [3.05, 3.63) is 181 Å². The van der Waals surface area contributed by atoms with E-state index in [-0.39, 0.29) is 0 Å². The maximum absolute atomic E-state index is 2.36. The zero-order valence-electron chi connectivity index (χ0n) is 24.0. The van der Waals surface area contributed by atoms with E-state index >= 15 is 0 Å². The highest BCUT2D eigenvalue weighted by Gasteiger charge is 2.36. The number of benzene rings is 6. The summed E-state index contributed by atoms with van der Waals surface area (Å²) in [4.78, 5) is 4.69. The van der Waals surface area contributed by atoms with Gasteiger partial charge in [0, 0.05) is 0 Å². The van der Waals surface area contributed by atoms with Crippen molar-refractivity contribution in [2.75, 3.05) is 9.80 Å². The van der Waals surface area contributed by atoms with Gasteiger partial charge in [0.2, 0.25) is 0 Å². The van der Waals surface area contributed by atoms with E-state index in [2.05, 4.69) is 198 Å². The molecule has 0 spiro atoms. The van der Waals surface area contributed by atoms with E-state index in [0.29, 0.717) is 0 Å². The second kappa shape index (κ2) is 12.4. The van der Waals surface area contributed by atoms with Crippen molar-refractivity contribution in [1.82, 2.24) is 4.58 Å². The molecule has 0 bridgehead atoms. The average molecular weight is 545 g/mol. The first-order chi connectivity index (χ1) is 20.7. The fourth-order valence-corrected chi connectivity index (χ4v) is 5.14. The van der Waals surface area contributed by atoms with E-state index in [1.807, 2.05) is 0 Å². The van der Waals surface area contributed by atoms with Crippen molar-refractivity contribution in [1.29, 1.82) is 0 Å². The summed E-state index contributed by atoms with van der Waals surface area (Å²) in [6.45, 7) is 4.26. The Morgan fingerprint density at radius 1 is 0.357 bits per heavy atom. The summed E-state index contributed by atoms with van der Waals surface area (Å²) in [6, 6.07) is 59.9. The molecule has 6 rings (SSSR count). The van der Waals surface area contributed by atoms with Gasteiger partial charge in [-0.15, -0.1) is 0 Å². The highest BCUT2D eigenvalue weighted by molar-refractivity contribution is 6.17. The zero-order chi connectivity index (χ0) is 28.7. The molecule has 204 valence electrons. The van der Waals surface area contributed by atoms with Gasteiger partial charge in [0.1, 0.15) is 34.1 Å². The molecule has 0 aromatic heterocycles. The van der Waals surface area contributed by atoms with Crippen LogP contribution in [0.15, 0.2) is 170 Å². The molecule has 0 radical (unpaired) electrons. The summed E-state index contributed by atoms with van der Waals surface area (Å²) in [5.74, 6) is 0.956. The monoisotopic (exact) mass is 544 g/mol. The summed E-state index contributed by atoms with van der Waals surface area (Å²) < 4.78 is 2.36. The molecule has 42 heavy (non-hydrogen) atoms. The van der Waals surface area contributed by atoms with Gasteiger partial charge in [-0.3, -0.25) is 0 Å². The molecule has 0 fully saturated rings. The molecule has 3 nitrogen and oxygen atoms in total. The maximum Gasteiger partial charge on any atom is 0.380 e. The lowest BCUT2D eigenvalue weighted by atomic mass is 10.1. The molecule has 0 unspecified atom stereocenters. The van der Waals surface area contributed by atoms with Gasteiger partial charge < -0.3 is 0 Å². The van der Waals surface area contributed by atoms with Crippen LogP contribution in [0.25, 0.3) is 0 Å². The van der Waals surface area contributed by atoms with Gasteiger partial charge in [-0.2, -0.15) is 14.4 Å². The smallest absolute Gasteiger partial charge is 0.197 e. The van der Waals surface area contributed by atoms with Crippen LogP contribution in [0.3, 0.4) is 0 Å².